The summed E-state index contributed by atoms with van der Waals surface area (Å²) >= 11 is 0. The Morgan fingerprint density at radius 3 is 2.61 bits per heavy atom. The van der Waals surface area contributed by atoms with E-state index in [0.29, 0.717) is 37.6 Å². The maximum Gasteiger partial charge on any atom is 0.278 e. The molecule has 2 aromatic rings. The van der Waals surface area contributed by atoms with E-state index in [9.17, 15) is 9.59 Å². The van der Waals surface area contributed by atoms with Crippen LogP contribution in [0.1, 0.15) is 30.9 Å². The molecule has 160 valence electrons. The van der Waals surface area contributed by atoms with Crippen LogP contribution in [0, 0.1) is 0 Å². The third kappa shape index (κ3) is 3.51. The highest BCUT2D eigenvalue weighted by molar-refractivity contribution is 6.36. The summed E-state index contributed by atoms with van der Waals surface area (Å²) in [5, 5.41) is 0. The molecule has 0 spiro atoms. The lowest BCUT2D eigenvalue weighted by Crippen LogP contribution is -2.39. The third-order valence-corrected chi connectivity index (χ3v) is 6.16. The van der Waals surface area contributed by atoms with E-state index in [0.717, 1.165) is 36.3 Å². The van der Waals surface area contributed by atoms with Crippen molar-refractivity contribution < 1.29 is 19.1 Å². The van der Waals surface area contributed by atoms with Gasteiger partial charge in [-0.3, -0.25) is 14.5 Å². The lowest BCUT2D eigenvalue weighted by molar-refractivity contribution is -0.138. The molecule has 2 amide bonds. The molecule has 0 radical (unpaired) electrons. The van der Waals surface area contributed by atoms with E-state index < -0.39 is 0 Å². The second-order valence-corrected chi connectivity index (χ2v) is 8.07. The molecular weight excluding hydrogens is 392 g/mol. The highest BCUT2D eigenvalue weighted by Gasteiger charge is 2.44. The zero-order chi connectivity index (χ0) is 21.4. The van der Waals surface area contributed by atoms with Gasteiger partial charge in [-0.2, -0.15) is 0 Å². The van der Waals surface area contributed by atoms with Gasteiger partial charge in [0.2, 0.25) is 0 Å². The van der Waals surface area contributed by atoms with Crippen molar-refractivity contribution in [3.8, 4) is 5.75 Å². The molecule has 6 heteroatoms. The normalized spacial score (nSPS) is 20.7. The minimum atomic E-state index is -0.246. The van der Waals surface area contributed by atoms with Crippen LogP contribution in [0.25, 0.3) is 5.57 Å². The molecule has 6 nitrogen and oxygen atoms in total. The molecule has 3 aliphatic heterocycles. The number of para-hydroxylation sites is 1. The van der Waals surface area contributed by atoms with Gasteiger partial charge in [0.1, 0.15) is 11.4 Å². The number of anilines is 1. The van der Waals surface area contributed by atoms with Crippen LogP contribution in [0.2, 0.25) is 0 Å². The molecule has 0 saturated carbocycles. The molecule has 2 aromatic carbocycles. The van der Waals surface area contributed by atoms with Gasteiger partial charge in [-0.1, -0.05) is 30.3 Å². The van der Waals surface area contributed by atoms with Gasteiger partial charge in [0, 0.05) is 18.8 Å². The number of benzene rings is 2. The number of fused-ring (bicyclic) bond motifs is 1. The van der Waals surface area contributed by atoms with E-state index in [2.05, 4.69) is 6.07 Å². The number of carbonyl (C=O) groups excluding carboxylic acids is 2. The zero-order valence-electron chi connectivity index (χ0n) is 17.7. The molecular formula is C25H26N2O4. The van der Waals surface area contributed by atoms with Crippen molar-refractivity contribution in [1.29, 1.82) is 0 Å². The van der Waals surface area contributed by atoms with Gasteiger partial charge in [-0.05, 0) is 55.5 Å². The molecule has 1 unspecified atom stereocenters. The molecule has 1 fully saturated rings. The van der Waals surface area contributed by atoms with E-state index >= 15 is 0 Å². The highest BCUT2D eigenvalue weighted by Crippen LogP contribution is 2.39. The van der Waals surface area contributed by atoms with E-state index in [4.69, 9.17) is 9.47 Å². The molecule has 31 heavy (non-hydrogen) atoms. The van der Waals surface area contributed by atoms with Crippen molar-refractivity contribution in [3.05, 3.63) is 65.4 Å². The average Bonchev–Trinajstić information content (AvgIpc) is 3.50. The van der Waals surface area contributed by atoms with Gasteiger partial charge in [-0.15, -0.1) is 0 Å². The minimum Gasteiger partial charge on any atom is -0.494 e. The third-order valence-electron chi connectivity index (χ3n) is 6.16. The lowest BCUT2D eigenvalue weighted by atomic mass is 10.0. The summed E-state index contributed by atoms with van der Waals surface area (Å²) in [6, 6.07) is 15.5. The number of ether oxygens (including phenoxy) is 2. The second kappa shape index (κ2) is 8.19. The van der Waals surface area contributed by atoms with Crippen LogP contribution in [0.15, 0.2) is 54.2 Å². The van der Waals surface area contributed by atoms with E-state index in [1.54, 1.807) is 0 Å². The fourth-order valence-corrected chi connectivity index (χ4v) is 4.69. The quantitative estimate of drug-likeness (QED) is 0.673. The Morgan fingerprint density at radius 2 is 1.87 bits per heavy atom. The number of imide groups is 1. The minimum absolute atomic E-state index is 0.0836. The topological polar surface area (TPSA) is 59.1 Å². The Morgan fingerprint density at radius 1 is 1.06 bits per heavy atom. The largest absolute Gasteiger partial charge is 0.494 e. The molecule has 1 atom stereocenters. The number of carbonyl (C=O) groups is 2. The number of hydrogen-bond donors (Lipinski definition) is 0. The number of rotatable bonds is 6. The summed E-state index contributed by atoms with van der Waals surface area (Å²) < 4.78 is 11.3. The second-order valence-electron chi connectivity index (χ2n) is 8.07. The SMILES string of the molecule is CCOc1ccc(C2=C(N3CCc4ccccc43)C(=O)N(CC3CCCO3)C2=O)cc1. The van der Waals surface area contributed by atoms with Crippen LogP contribution in [-0.2, 0) is 20.7 Å². The monoisotopic (exact) mass is 418 g/mol. The fraction of sp³-hybridized carbons (Fsp3) is 0.360. The molecule has 0 bridgehead atoms. The molecule has 3 heterocycles. The van der Waals surface area contributed by atoms with Gasteiger partial charge >= 0.3 is 0 Å². The van der Waals surface area contributed by atoms with Crippen molar-refractivity contribution in [2.45, 2.75) is 32.3 Å². The fourth-order valence-electron chi connectivity index (χ4n) is 4.69. The summed E-state index contributed by atoms with van der Waals surface area (Å²) in [5.41, 5.74) is 3.86. The van der Waals surface area contributed by atoms with Crippen molar-refractivity contribution in [1.82, 2.24) is 4.90 Å². The van der Waals surface area contributed by atoms with Gasteiger partial charge < -0.3 is 14.4 Å². The zero-order valence-corrected chi connectivity index (χ0v) is 17.7. The van der Waals surface area contributed by atoms with Gasteiger partial charge in [0.15, 0.2) is 0 Å². The van der Waals surface area contributed by atoms with Crippen LogP contribution in [-0.4, -0.2) is 49.1 Å². The Hall–Kier alpha value is -3.12. The molecule has 5 rings (SSSR count). The maximum atomic E-state index is 13.6. The molecule has 0 aromatic heterocycles. The number of nitrogens with zero attached hydrogens (tertiary/aromatic N) is 2. The Balaban J connectivity index is 1.56. The molecule has 1 saturated heterocycles. The summed E-state index contributed by atoms with van der Waals surface area (Å²) in [6.45, 7) is 4.18. The first-order chi connectivity index (χ1) is 15.2. The summed E-state index contributed by atoms with van der Waals surface area (Å²) in [6.07, 6.45) is 2.60. The van der Waals surface area contributed by atoms with Gasteiger partial charge in [0.25, 0.3) is 11.8 Å². The molecule has 3 aliphatic rings. The van der Waals surface area contributed by atoms with E-state index in [-0.39, 0.29) is 17.9 Å². The van der Waals surface area contributed by atoms with Gasteiger partial charge in [0.05, 0.1) is 24.8 Å². The first-order valence-electron chi connectivity index (χ1n) is 11.0. The first kappa shape index (κ1) is 19.8. The van der Waals surface area contributed by atoms with Gasteiger partial charge in [-0.25, -0.2) is 0 Å². The van der Waals surface area contributed by atoms with Crippen LogP contribution in [0.4, 0.5) is 5.69 Å². The summed E-state index contributed by atoms with van der Waals surface area (Å²) in [7, 11) is 0. The average molecular weight is 418 g/mol. The van der Waals surface area contributed by atoms with Crippen molar-refractivity contribution in [2.24, 2.45) is 0 Å². The summed E-state index contributed by atoms with van der Waals surface area (Å²) in [4.78, 5) is 30.5. The number of hydrogen-bond acceptors (Lipinski definition) is 5. The highest BCUT2D eigenvalue weighted by atomic mass is 16.5. The number of amides is 2. The van der Waals surface area contributed by atoms with Crippen LogP contribution < -0.4 is 9.64 Å². The molecule has 0 N–H and O–H groups in total. The van der Waals surface area contributed by atoms with E-state index in [1.807, 2.05) is 54.3 Å². The van der Waals surface area contributed by atoms with Crippen molar-refractivity contribution in [2.75, 3.05) is 31.2 Å². The van der Waals surface area contributed by atoms with Crippen LogP contribution >= 0.6 is 0 Å². The summed E-state index contributed by atoms with van der Waals surface area (Å²) in [5.74, 6) is 0.262. The van der Waals surface area contributed by atoms with Crippen LogP contribution in [0.3, 0.4) is 0 Å². The van der Waals surface area contributed by atoms with Crippen molar-refractivity contribution in [3.63, 3.8) is 0 Å². The predicted molar refractivity (Wildman–Crippen MR) is 118 cm³/mol. The first-order valence-corrected chi connectivity index (χ1v) is 11.0. The standard InChI is InChI=1S/C25H26N2O4/c1-2-30-19-11-9-18(10-12-19)22-23(26-14-13-17-6-3-4-8-21(17)26)25(29)27(24(22)28)16-20-7-5-15-31-20/h3-4,6,8-12,20H,2,5,7,13-16H2,1H3. The maximum absolute atomic E-state index is 13.6. The molecule has 0 aliphatic carbocycles. The lowest BCUT2D eigenvalue weighted by Gasteiger charge is -2.23. The van der Waals surface area contributed by atoms with E-state index in [1.165, 1.54) is 10.5 Å². The van der Waals surface area contributed by atoms with Crippen molar-refractivity contribution >= 4 is 23.1 Å². The smallest absolute Gasteiger partial charge is 0.278 e. The Labute approximate surface area is 182 Å². The van der Waals surface area contributed by atoms with Crippen LogP contribution in [0.5, 0.6) is 5.75 Å². The Kier molecular flexibility index (Phi) is 5.24. The predicted octanol–water partition coefficient (Wildman–Crippen LogP) is 3.41. The Bertz CT molecular complexity index is 1040.